The second kappa shape index (κ2) is 12.2. The third-order valence-electron chi connectivity index (χ3n) is 4.96. The summed E-state index contributed by atoms with van der Waals surface area (Å²) in [5, 5.41) is 0. The van der Waals surface area contributed by atoms with Crippen LogP contribution in [0.5, 0.6) is 0 Å². The minimum atomic E-state index is -4.22. The molecule has 6 atom stereocenters. The van der Waals surface area contributed by atoms with E-state index in [1.807, 2.05) is 30.3 Å². The maximum Gasteiger partial charge on any atom is 1.00 e. The SMILES string of the molecule is COC1O[C@@H]2COC(c3ccccc3)O[C@H]2[C@H](OC)[C@H]1OCCCCS(=O)(=O)[O-].[Na+]. The van der Waals surface area contributed by atoms with Crippen LogP contribution in [0.4, 0.5) is 0 Å². The van der Waals surface area contributed by atoms with Crippen LogP contribution in [0, 0.1) is 0 Å². The molecule has 0 N–H and O–H groups in total. The molecule has 0 saturated carbocycles. The van der Waals surface area contributed by atoms with Gasteiger partial charge in [0.05, 0.1) is 16.7 Å². The fraction of sp³-hybridized carbons (Fsp3) is 0.684. The molecular formula is C19H27NaO9S. The molecule has 9 nitrogen and oxygen atoms in total. The van der Waals surface area contributed by atoms with Crippen molar-refractivity contribution in [3.8, 4) is 0 Å². The van der Waals surface area contributed by atoms with Crippen LogP contribution in [-0.4, -0.2) is 76.9 Å². The van der Waals surface area contributed by atoms with Crippen LogP contribution >= 0.6 is 0 Å². The zero-order valence-corrected chi connectivity index (χ0v) is 20.3. The minimum Gasteiger partial charge on any atom is -0.748 e. The topological polar surface area (TPSA) is 113 Å². The van der Waals surface area contributed by atoms with Gasteiger partial charge in [-0.1, -0.05) is 30.3 Å². The second-order valence-electron chi connectivity index (χ2n) is 6.96. The standard InChI is InChI=1S/C19H28O9S.Na/c1-23-16-15-14(12-26-18(28-15)13-8-4-3-5-9-13)27-19(24-2)17(16)25-10-6-7-11-29(20,21)22;/h3-5,8-9,14-19H,6-7,10-12H2,1-2H3,(H,20,21,22);/q;+1/p-1/t14-,15-,16+,17-,18?,19?;/m1./s1. The van der Waals surface area contributed by atoms with Gasteiger partial charge in [-0.25, -0.2) is 8.42 Å². The van der Waals surface area contributed by atoms with E-state index in [2.05, 4.69) is 0 Å². The summed E-state index contributed by atoms with van der Waals surface area (Å²) in [6.45, 7) is 0.553. The fourth-order valence-electron chi connectivity index (χ4n) is 3.56. The van der Waals surface area contributed by atoms with Gasteiger partial charge in [-0.15, -0.1) is 0 Å². The van der Waals surface area contributed by atoms with Crippen molar-refractivity contribution in [1.82, 2.24) is 0 Å². The molecule has 1 aromatic carbocycles. The molecule has 2 saturated heterocycles. The Kier molecular flexibility index (Phi) is 10.6. The van der Waals surface area contributed by atoms with Gasteiger partial charge < -0.3 is 33.0 Å². The van der Waals surface area contributed by atoms with E-state index in [4.69, 9.17) is 28.4 Å². The molecule has 1 aromatic rings. The Morgan fingerprint density at radius 3 is 2.43 bits per heavy atom. The van der Waals surface area contributed by atoms with Gasteiger partial charge in [0.15, 0.2) is 12.6 Å². The van der Waals surface area contributed by atoms with Crippen LogP contribution in [0.1, 0.15) is 24.7 Å². The van der Waals surface area contributed by atoms with Gasteiger partial charge in [-0.3, -0.25) is 0 Å². The summed E-state index contributed by atoms with van der Waals surface area (Å²) in [5.74, 6) is -0.414. The molecule has 2 unspecified atom stereocenters. The monoisotopic (exact) mass is 454 g/mol. The van der Waals surface area contributed by atoms with Gasteiger partial charge >= 0.3 is 29.6 Å². The quantitative estimate of drug-likeness (QED) is 0.242. The first-order valence-electron chi connectivity index (χ1n) is 9.51. The molecule has 2 aliphatic heterocycles. The molecule has 11 heteroatoms. The van der Waals surface area contributed by atoms with Crippen molar-refractivity contribution in [1.29, 1.82) is 0 Å². The average Bonchev–Trinajstić information content (AvgIpc) is 2.72. The third kappa shape index (κ3) is 6.94. The van der Waals surface area contributed by atoms with Crippen molar-refractivity contribution in [2.45, 2.75) is 49.8 Å². The van der Waals surface area contributed by atoms with E-state index in [1.165, 1.54) is 7.11 Å². The molecule has 0 aliphatic carbocycles. The molecule has 164 valence electrons. The van der Waals surface area contributed by atoms with Crippen LogP contribution in [0.25, 0.3) is 0 Å². The number of hydrogen-bond acceptors (Lipinski definition) is 9. The molecular weight excluding hydrogens is 427 g/mol. The molecule has 2 heterocycles. The largest absolute Gasteiger partial charge is 1.00 e. The van der Waals surface area contributed by atoms with Crippen LogP contribution < -0.4 is 29.6 Å². The van der Waals surface area contributed by atoms with E-state index in [-0.39, 0.29) is 48.7 Å². The minimum absolute atomic E-state index is 0. The van der Waals surface area contributed by atoms with Gasteiger partial charge in [0.2, 0.25) is 0 Å². The number of methoxy groups -OCH3 is 2. The van der Waals surface area contributed by atoms with E-state index in [0.717, 1.165) is 5.56 Å². The van der Waals surface area contributed by atoms with Gasteiger partial charge in [0.25, 0.3) is 0 Å². The number of benzene rings is 1. The van der Waals surface area contributed by atoms with Crippen LogP contribution in [0.2, 0.25) is 0 Å². The van der Waals surface area contributed by atoms with E-state index in [9.17, 15) is 13.0 Å². The molecule has 0 aromatic heterocycles. The first-order chi connectivity index (χ1) is 13.9. The van der Waals surface area contributed by atoms with Gasteiger partial charge in [-0.05, 0) is 12.8 Å². The van der Waals surface area contributed by atoms with Gasteiger partial charge in [0, 0.05) is 32.1 Å². The number of fused-ring (bicyclic) bond motifs is 1. The van der Waals surface area contributed by atoms with Crippen LogP contribution in [0.3, 0.4) is 0 Å². The zero-order valence-electron chi connectivity index (χ0n) is 17.5. The summed E-state index contributed by atoms with van der Waals surface area (Å²) >= 11 is 0. The molecule has 2 fully saturated rings. The summed E-state index contributed by atoms with van der Waals surface area (Å²) in [6.07, 6.45) is -2.46. The normalized spacial score (nSPS) is 31.6. The maximum absolute atomic E-state index is 10.7. The first-order valence-corrected chi connectivity index (χ1v) is 11.1. The van der Waals surface area contributed by atoms with Crippen molar-refractivity contribution in [2.24, 2.45) is 0 Å². The fourth-order valence-corrected chi connectivity index (χ4v) is 4.12. The van der Waals surface area contributed by atoms with Crippen molar-refractivity contribution in [2.75, 3.05) is 33.2 Å². The van der Waals surface area contributed by atoms with Crippen LogP contribution in [-0.2, 0) is 38.5 Å². The van der Waals surface area contributed by atoms with Crippen molar-refractivity contribution >= 4 is 10.1 Å². The molecule has 30 heavy (non-hydrogen) atoms. The summed E-state index contributed by atoms with van der Waals surface area (Å²) in [7, 11) is -1.15. The Balaban J connectivity index is 0.00000320. The first kappa shape index (κ1) is 26.1. The van der Waals surface area contributed by atoms with Crippen molar-refractivity contribution in [3.05, 3.63) is 35.9 Å². The predicted octanol–water partition coefficient (Wildman–Crippen LogP) is -1.80. The van der Waals surface area contributed by atoms with Crippen molar-refractivity contribution < 1.29 is 70.9 Å². The van der Waals surface area contributed by atoms with Gasteiger partial charge in [0.1, 0.15) is 24.4 Å². The molecule has 2 aliphatic rings. The second-order valence-corrected chi connectivity index (χ2v) is 8.48. The third-order valence-corrected chi connectivity index (χ3v) is 5.75. The number of hydrogen-bond donors (Lipinski definition) is 0. The average molecular weight is 454 g/mol. The Labute approximate surface area is 199 Å². The predicted molar refractivity (Wildman–Crippen MR) is 100 cm³/mol. The number of unbranched alkanes of at least 4 members (excludes halogenated alkanes) is 1. The van der Waals surface area contributed by atoms with E-state index in [1.54, 1.807) is 7.11 Å². The molecule has 0 spiro atoms. The molecule has 3 rings (SSSR count). The van der Waals surface area contributed by atoms with Crippen molar-refractivity contribution in [3.63, 3.8) is 0 Å². The number of ether oxygens (including phenoxy) is 6. The Bertz CT molecular complexity index is 733. The molecule has 0 radical (unpaired) electrons. The summed E-state index contributed by atoms with van der Waals surface area (Å²) < 4.78 is 67.1. The van der Waals surface area contributed by atoms with E-state index < -0.39 is 46.8 Å². The number of rotatable bonds is 9. The maximum atomic E-state index is 10.7. The Morgan fingerprint density at radius 1 is 1.07 bits per heavy atom. The molecule has 0 amide bonds. The van der Waals surface area contributed by atoms with Crippen LogP contribution in [0.15, 0.2) is 30.3 Å². The Hall–Kier alpha value is -0.110. The summed E-state index contributed by atoms with van der Waals surface area (Å²) in [5.41, 5.74) is 0.894. The zero-order chi connectivity index (χ0) is 20.9. The van der Waals surface area contributed by atoms with Gasteiger partial charge in [-0.2, -0.15) is 0 Å². The molecule has 0 bridgehead atoms. The summed E-state index contributed by atoms with van der Waals surface area (Å²) in [4.78, 5) is 0. The smallest absolute Gasteiger partial charge is 0.748 e. The van der Waals surface area contributed by atoms with E-state index in [0.29, 0.717) is 13.0 Å². The van der Waals surface area contributed by atoms with E-state index >= 15 is 0 Å². The Morgan fingerprint density at radius 2 is 1.80 bits per heavy atom. The summed E-state index contributed by atoms with van der Waals surface area (Å²) in [6, 6.07) is 9.59.